The van der Waals surface area contributed by atoms with Gasteiger partial charge in [0.15, 0.2) is 5.65 Å². The lowest BCUT2D eigenvalue weighted by Crippen LogP contribution is -2.56. The number of nitrogens with one attached hydrogen (secondary N) is 1. The molecule has 164 valence electrons. The zero-order valence-electron chi connectivity index (χ0n) is 18.5. The normalized spacial score (nSPS) is 20.1. The van der Waals surface area contributed by atoms with Gasteiger partial charge in [0.2, 0.25) is 5.91 Å². The van der Waals surface area contributed by atoms with Crippen LogP contribution in [0.25, 0.3) is 5.65 Å². The third-order valence-electron chi connectivity index (χ3n) is 6.92. The molecule has 7 nitrogen and oxygen atoms in total. The second-order valence-electron chi connectivity index (χ2n) is 8.87. The summed E-state index contributed by atoms with van der Waals surface area (Å²) in [5.74, 6) is 1.41. The van der Waals surface area contributed by atoms with Crippen molar-refractivity contribution in [2.24, 2.45) is 5.92 Å². The van der Waals surface area contributed by atoms with Crippen molar-refractivity contribution in [3.8, 4) is 0 Å². The van der Waals surface area contributed by atoms with Gasteiger partial charge in [0.05, 0.1) is 23.9 Å². The van der Waals surface area contributed by atoms with E-state index in [-0.39, 0.29) is 17.9 Å². The number of aromatic nitrogens is 3. The smallest absolute Gasteiger partial charge is 0.229 e. The van der Waals surface area contributed by atoms with Gasteiger partial charge >= 0.3 is 0 Å². The van der Waals surface area contributed by atoms with Crippen LogP contribution in [0.1, 0.15) is 37.4 Å². The molecule has 1 fully saturated rings. The van der Waals surface area contributed by atoms with Crippen LogP contribution >= 0.6 is 0 Å². The van der Waals surface area contributed by atoms with Gasteiger partial charge in [0, 0.05) is 44.7 Å². The Bertz CT molecular complexity index is 1030. The van der Waals surface area contributed by atoms with E-state index in [9.17, 15) is 4.79 Å². The van der Waals surface area contributed by atoms with Gasteiger partial charge in [-0.3, -0.25) is 4.79 Å². The van der Waals surface area contributed by atoms with Crippen LogP contribution < -0.4 is 10.2 Å². The number of nitrogens with zero attached hydrogens (tertiary/aromatic N) is 5. The van der Waals surface area contributed by atoms with Crippen LogP contribution in [-0.4, -0.2) is 64.7 Å². The second-order valence-corrected chi connectivity index (χ2v) is 8.87. The minimum Gasteiger partial charge on any atom is -0.354 e. The number of carbonyl (C=O) groups is 1. The standard InChI is InChI=1S/C24H32N6O/c1-3-21(17-7-5-4-6-8-17)28(2)24(31)18-15-29(16-18)23-19-9-12-25-13-10-20(19)27-22-11-14-26-30(22)23/h5,7-8,11,14,18,21,25H,3-4,6,9-10,12-13,15-16H2,1-2H3. The quantitative estimate of drug-likeness (QED) is 0.805. The summed E-state index contributed by atoms with van der Waals surface area (Å²) in [7, 11) is 1.97. The molecule has 1 aliphatic carbocycles. The Labute approximate surface area is 183 Å². The number of allylic oxidation sites excluding steroid dienone is 2. The zero-order valence-corrected chi connectivity index (χ0v) is 18.5. The molecule has 4 heterocycles. The number of anilines is 1. The molecule has 3 aliphatic rings. The summed E-state index contributed by atoms with van der Waals surface area (Å²) in [6, 6.07) is 2.13. The first-order chi connectivity index (χ1) is 15.2. The zero-order chi connectivity index (χ0) is 21.4. The maximum absolute atomic E-state index is 13.3. The third-order valence-corrected chi connectivity index (χ3v) is 6.92. The number of hydrogen-bond acceptors (Lipinski definition) is 5. The van der Waals surface area contributed by atoms with E-state index in [2.05, 4.69) is 40.5 Å². The molecule has 0 radical (unpaired) electrons. The largest absolute Gasteiger partial charge is 0.354 e. The van der Waals surface area contributed by atoms with E-state index in [4.69, 9.17) is 4.98 Å². The summed E-state index contributed by atoms with van der Waals surface area (Å²) in [5.41, 5.74) is 4.63. The molecule has 2 aromatic rings. The van der Waals surface area contributed by atoms with Gasteiger partial charge in [0.1, 0.15) is 5.82 Å². The minimum atomic E-state index is 0.0329. The van der Waals surface area contributed by atoms with Gasteiger partial charge in [0.25, 0.3) is 0 Å². The first-order valence-corrected chi connectivity index (χ1v) is 11.6. The van der Waals surface area contributed by atoms with Gasteiger partial charge in [-0.05, 0) is 37.8 Å². The number of rotatable bonds is 5. The summed E-state index contributed by atoms with van der Waals surface area (Å²) < 4.78 is 1.96. The fourth-order valence-corrected chi connectivity index (χ4v) is 5.20. The SMILES string of the molecule is CCC(C1=CCCC=C1)N(C)C(=O)C1CN(c2c3c(nc4ccnn24)CCNCC3)C1. The Kier molecular flexibility index (Phi) is 5.52. The number of likely N-dealkylation sites (N-methyl/N-ethyl adjacent to an activating group) is 1. The van der Waals surface area contributed by atoms with Crippen LogP contribution in [0, 0.1) is 5.92 Å². The molecule has 0 spiro atoms. The van der Waals surface area contributed by atoms with Crippen molar-refractivity contribution in [1.82, 2.24) is 24.8 Å². The first-order valence-electron chi connectivity index (χ1n) is 11.6. The number of fused-ring (bicyclic) bond motifs is 2. The summed E-state index contributed by atoms with van der Waals surface area (Å²) in [6.07, 6.45) is 13.5. The van der Waals surface area contributed by atoms with E-state index in [0.717, 1.165) is 69.7 Å². The lowest BCUT2D eigenvalue weighted by atomic mass is 9.93. The van der Waals surface area contributed by atoms with Crippen LogP contribution in [-0.2, 0) is 17.6 Å². The van der Waals surface area contributed by atoms with Crippen molar-refractivity contribution in [3.05, 3.63) is 47.3 Å². The van der Waals surface area contributed by atoms with Gasteiger partial charge in [-0.1, -0.05) is 25.2 Å². The van der Waals surface area contributed by atoms with Crippen LogP contribution in [0.5, 0.6) is 0 Å². The molecule has 1 unspecified atom stereocenters. The van der Waals surface area contributed by atoms with Crippen molar-refractivity contribution < 1.29 is 4.79 Å². The molecule has 1 N–H and O–H groups in total. The average molecular weight is 421 g/mol. The molecular weight excluding hydrogens is 388 g/mol. The summed E-state index contributed by atoms with van der Waals surface area (Å²) >= 11 is 0. The second kappa shape index (κ2) is 8.46. The topological polar surface area (TPSA) is 65.8 Å². The van der Waals surface area contributed by atoms with E-state index < -0.39 is 0 Å². The molecule has 0 bridgehead atoms. The highest BCUT2D eigenvalue weighted by atomic mass is 16.2. The molecule has 5 rings (SSSR count). The third kappa shape index (κ3) is 3.65. The van der Waals surface area contributed by atoms with Crippen LogP contribution in [0.2, 0.25) is 0 Å². The van der Waals surface area contributed by atoms with Crippen LogP contribution in [0.3, 0.4) is 0 Å². The predicted molar refractivity (Wildman–Crippen MR) is 122 cm³/mol. The van der Waals surface area contributed by atoms with Crippen molar-refractivity contribution in [2.45, 2.75) is 45.1 Å². The fraction of sp³-hybridized carbons (Fsp3) is 0.542. The Morgan fingerprint density at radius 3 is 2.90 bits per heavy atom. The van der Waals surface area contributed by atoms with E-state index in [1.165, 1.54) is 16.8 Å². The lowest BCUT2D eigenvalue weighted by Gasteiger charge is -2.43. The maximum Gasteiger partial charge on any atom is 0.229 e. The van der Waals surface area contributed by atoms with E-state index in [1.807, 2.05) is 28.7 Å². The van der Waals surface area contributed by atoms with Crippen LogP contribution in [0.4, 0.5) is 5.82 Å². The lowest BCUT2D eigenvalue weighted by molar-refractivity contribution is -0.136. The summed E-state index contributed by atoms with van der Waals surface area (Å²) in [5, 5.41) is 8.02. The molecule has 0 saturated carbocycles. The molecular formula is C24H32N6O. The molecule has 1 atom stereocenters. The van der Waals surface area contributed by atoms with Gasteiger partial charge in [-0.2, -0.15) is 9.61 Å². The molecule has 1 amide bonds. The Morgan fingerprint density at radius 1 is 1.29 bits per heavy atom. The molecule has 2 aromatic heterocycles. The highest BCUT2D eigenvalue weighted by Crippen LogP contribution is 2.32. The number of amides is 1. The highest BCUT2D eigenvalue weighted by Gasteiger charge is 2.39. The molecule has 0 aromatic carbocycles. The van der Waals surface area contributed by atoms with Crippen molar-refractivity contribution in [3.63, 3.8) is 0 Å². The van der Waals surface area contributed by atoms with Gasteiger partial charge < -0.3 is 15.1 Å². The van der Waals surface area contributed by atoms with Crippen LogP contribution in [0.15, 0.2) is 36.1 Å². The fourth-order valence-electron chi connectivity index (χ4n) is 5.20. The number of carbonyl (C=O) groups excluding carboxylic acids is 1. The molecule has 7 heteroatoms. The molecule has 1 saturated heterocycles. The van der Waals surface area contributed by atoms with E-state index in [1.54, 1.807) is 0 Å². The maximum atomic E-state index is 13.3. The van der Waals surface area contributed by atoms with E-state index in [0.29, 0.717) is 0 Å². The number of hydrogen-bond donors (Lipinski definition) is 1. The Balaban J connectivity index is 1.35. The van der Waals surface area contributed by atoms with Crippen molar-refractivity contribution in [2.75, 3.05) is 38.1 Å². The minimum absolute atomic E-state index is 0.0329. The first kappa shape index (κ1) is 20.2. The summed E-state index contributed by atoms with van der Waals surface area (Å²) in [4.78, 5) is 22.5. The molecule has 2 aliphatic heterocycles. The average Bonchev–Trinajstić information content (AvgIpc) is 3.10. The summed E-state index contributed by atoms with van der Waals surface area (Å²) in [6.45, 7) is 5.56. The van der Waals surface area contributed by atoms with Gasteiger partial charge in [-0.25, -0.2) is 4.98 Å². The van der Waals surface area contributed by atoms with E-state index >= 15 is 0 Å². The Morgan fingerprint density at radius 2 is 2.13 bits per heavy atom. The molecule has 31 heavy (non-hydrogen) atoms. The van der Waals surface area contributed by atoms with Crippen molar-refractivity contribution in [1.29, 1.82) is 0 Å². The monoisotopic (exact) mass is 420 g/mol. The van der Waals surface area contributed by atoms with Gasteiger partial charge in [-0.15, -0.1) is 0 Å². The predicted octanol–water partition coefficient (Wildman–Crippen LogP) is 2.37. The Hall–Kier alpha value is -2.67. The highest BCUT2D eigenvalue weighted by molar-refractivity contribution is 5.82. The van der Waals surface area contributed by atoms with Crippen molar-refractivity contribution >= 4 is 17.4 Å².